The monoisotopic (exact) mass is 306 g/mol. The van der Waals surface area contributed by atoms with Crippen molar-refractivity contribution in [2.24, 2.45) is 0 Å². The summed E-state index contributed by atoms with van der Waals surface area (Å²) in [6.45, 7) is 0.492. The van der Waals surface area contributed by atoms with E-state index in [0.717, 1.165) is 24.0 Å². The molecule has 1 aromatic carbocycles. The largest absolute Gasteiger partial charge is 0.384 e. The van der Waals surface area contributed by atoms with Gasteiger partial charge in [-0.25, -0.2) is 4.98 Å². The Morgan fingerprint density at radius 2 is 2.17 bits per heavy atom. The number of pyridine rings is 1. The lowest BCUT2D eigenvalue weighted by atomic mass is 9.93. The van der Waals surface area contributed by atoms with E-state index in [4.69, 9.17) is 11.0 Å². The van der Waals surface area contributed by atoms with Crippen molar-refractivity contribution in [2.45, 2.75) is 24.8 Å². The molecular weight excluding hydrogens is 288 g/mol. The van der Waals surface area contributed by atoms with Gasteiger partial charge in [0.1, 0.15) is 5.82 Å². The Morgan fingerprint density at radius 1 is 1.39 bits per heavy atom. The van der Waals surface area contributed by atoms with Gasteiger partial charge in [0.05, 0.1) is 17.0 Å². The molecule has 1 fully saturated rings. The normalized spacial score (nSPS) is 14.8. The molecule has 116 valence electrons. The van der Waals surface area contributed by atoms with Crippen molar-refractivity contribution >= 4 is 11.7 Å². The Balaban J connectivity index is 1.78. The zero-order valence-electron chi connectivity index (χ0n) is 13.0. The Hall–Kier alpha value is -2.87. The Kier molecular flexibility index (Phi) is 3.75. The van der Waals surface area contributed by atoms with E-state index < -0.39 is 5.41 Å². The molecule has 23 heavy (non-hydrogen) atoms. The van der Waals surface area contributed by atoms with Crippen molar-refractivity contribution < 1.29 is 4.79 Å². The van der Waals surface area contributed by atoms with E-state index in [0.29, 0.717) is 17.9 Å². The summed E-state index contributed by atoms with van der Waals surface area (Å²) in [5.41, 5.74) is 7.58. The quantitative estimate of drug-likeness (QED) is 0.939. The fourth-order valence-electron chi connectivity index (χ4n) is 2.88. The van der Waals surface area contributed by atoms with Crippen LogP contribution in [-0.4, -0.2) is 22.8 Å². The first kappa shape index (κ1) is 15.0. The maximum Gasteiger partial charge on any atom is 0.233 e. The molecule has 0 unspecified atom stereocenters. The van der Waals surface area contributed by atoms with E-state index in [2.05, 4.69) is 11.1 Å². The number of hydrogen-bond donors (Lipinski definition) is 1. The average Bonchev–Trinajstić information content (AvgIpc) is 3.38. The highest BCUT2D eigenvalue weighted by molar-refractivity contribution is 5.91. The molecule has 5 heteroatoms. The van der Waals surface area contributed by atoms with Gasteiger partial charge < -0.3 is 10.6 Å². The number of nitrogen functional groups attached to an aromatic ring is 1. The van der Waals surface area contributed by atoms with E-state index in [1.54, 1.807) is 30.3 Å². The van der Waals surface area contributed by atoms with Crippen molar-refractivity contribution in [1.82, 2.24) is 9.88 Å². The van der Waals surface area contributed by atoms with Crippen molar-refractivity contribution in [3.63, 3.8) is 0 Å². The number of nitriles is 1. The van der Waals surface area contributed by atoms with Gasteiger partial charge >= 0.3 is 0 Å². The summed E-state index contributed by atoms with van der Waals surface area (Å²) >= 11 is 0. The second-order valence-electron chi connectivity index (χ2n) is 6.03. The Morgan fingerprint density at radius 3 is 2.78 bits per heavy atom. The third kappa shape index (κ3) is 2.88. The van der Waals surface area contributed by atoms with Crippen LogP contribution in [0.25, 0.3) is 0 Å². The van der Waals surface area contributed by atoms with E-state index in [1.165, 1.54) is 0 Å². The minimum Gasteiger partial charge on any atom is -0.384 e. The Bertz CT molecular complexity index is 772. The highest BCUT2D eigenvalue weighted by Gasteiger charge is 2.52. The van der Waals surface area contributed by atoms with Gasteiger partial charge in [-0.1, -0.05) is 18.2 Å². The zero-order chi connectivity index (χ0) is 16.4. The molecule has 3 rings (SSSR count). The standard InChI is InChI=1S/C18H18N4O/c1-22(12-14-5-6-16(20)21-11-14)17(23)18(7-8-18)15-4-2-3-13(9-15)10-19/h2-6,9,11H,7-8,12H2,1H3,(H2,20,21). The molecule has 2 aromatic rings. The number of carbonyl (C=O) groups is 1. The molecule has 0 aliphatic heterocycles. The van der Waals surface area contributed by atoms with Gasteiger partial charge in [0, 0.05) is 19.8 Å². The van der Waals surface area contributed by atoms with Gasteiger partial charge in [-0.2, -0.15) is 5.26 Å². The molecule has 0 saturated heterocycles. The first-order valence-corrected chi connectivity index (χ1v) is 7.52. The summed E-state index contributed by atoms with van der Waals surface area (Å²) in [6, 6.07) is 13.1. The number of hydrogen-bond acceptors (Lipinski definition) is 4. The van der Waals surface area contributed by atoms with Gasteiger partial charge in [0.25, 0.3) is 0 Å². The van der Waals surface area contributed by atoms with Gasteiger partial charge in [-0.15, -0.1) is 0 Å². The minimum atomic E-state index is -0.469. The van der Waals surface area contributed by atoms with E-state index >= 15 is 0 Å². The predicted molar refractivity (Wildman–Crippen MR) is 87.2 cm³/mol. The molecule has 0 spiro atoms. The molecule has 5 nitrogen and oxygen atoms in total. The highest BCUT2D eigenvalue weighted by atomic mass is 16.2. The number of amides is 1. The van der Waals surface area contributed by atoms with E-state index in [-0.39, 0.29) is 5.91 Å². The summed E-state index contributed by atoms with van der Waals surface area (Å²) in [5.74, 6) is 0.555. The van der Waals surface area contributed by atoms with Crippen LogP contribution in [0.4, 0.5) is 5.82 Å². The van der Waals surface area contributed by atoms with E-state index in [9.17, 15) is 4.79 Å². The second-order valence-corrected chi connectivity index (χ2v) is 6.03. The van der Waals surface area contributed by atoms with Crippen LogP contribution in [0, 0.1) is 11.3 Å². The highest BCUT2D eigenvalue weighted by Crippen LogP contribution is 2.49. The van der Waals surface area contributed by atoms with Crippen LogP contribution in [0.1, 0.15) is 29.5 Å². The smallest absolute Gasteiger partial charge is 0.233 e. The van der Waals surface area contributed by atoms with Crippen LogP contribution in [0.5, 0.6) is 0 Å². The number of nitrogens with two attached hydrogens (primary N) is 1. The molecule has 1 saturated carbocycles. The summed E-state index contributed by atoms with van der Waals surface area (Å²) in [4.78, 5) is 18.7. The predicted octanol–water partition coefficient (Wildman–Crippen LogP) is 2.23. The van der Waals surface area contributed by atoms with Gasteiger partial charge in [0.2, 0.25) is 5.91 Å². The first-order valence-electron chi connectivity index (χ1n) is 7.52. The number of anilines is 1. The lowest BCUT2D eigenvalue weighted by molar-refractivity contribution is -0.133. The molecule has 1 heterocycles. The Labute approximate surface area is 135 Å². The molecule has 1 aromatic heterocycles. The number of aromatic nitrogens is 1. The van der Waals surface area contributed by atoms with E-state index in [1.807, 2.05) is 24.3 Å². The second kappa shape index (κ2) is 5.73. The van der Waals surface area contributed by atoms with Crippen LogP contribution >= 0.6 is 0 Å². The third-order valence-electron chi connectivity index (χ3n) is 4.32. The molecule has 1 amide bonds. The van der Waals surface area contributed by atoms with Crippen molar-refractivity contribution in [3.8, 4) is 6.07 Å². The maximum absolute atomic E-state index is 12.9. The fourth-order valence-corrected chi connectivity index (χ4v) is 2.88. The minimum absolute atomic E-state index is 0.0874. The molecule has 1 aliphatic carbocycles. The molecule has 0 bridgehead atoms. The lowest BCUT2D eigenvalue weighted by Crippen LogP contribution is -2.36. The van der Waals surface area contributed by atoms with Crippen LogP contribution in [-0.2, 0) is 16.8 Å². The third-order valence-corrected chi connectivity index (χ3v) is 4.32. The van der Waals surface area contributed by atoms with Crippen molar-refractivity contribution in [1.29, 1.82) is 5.26 Å². The molecule has 0 radical (unpaired) electrons. The number of benzene rings is 1. The van der Waals surface area contributed by atoms with Crippen LogP contribution < -0.4 is 5.73 Å². The molecule has 1 aliphatic rings. The van der Waals surface area contributed by atoms with Crippen molar-refractivity contribution in [3.05, 3.63) is 59.3 Å². The number of rotatable bonds is 4. The summed E-state index contributed by atoms with van der Waals surface area (Å²) in [6.07, 6.45) is 3.34. The number of carbonyl (C=O) groups excluding carboxylic acids is 1. The van der Waals surface area contributed by atoms with Gasteiger partial charge in [-0.3, -0.25) is 4.79 Å². The fraction of sp³-hybridized carbons (Fsp3) is 0.278. The summed E-state index contributed by atoms with van der Waals surface area (Å²) < 4.78 is 0. The first-order chi connectivity index (χ1) is 11.0. The zero-order valence-corrected chi connectivity index (χ0v) is 13.0. The topological polar surface area (TPSA) is 83.0 Å². The number of nitrogens with zero attached hydrogens (tertiary/aromatic N) is 3. The van der Waals surface area contributed by atoms with Gasteiger partial charge in [0.15, 0.2) is 0 Å². The molecular formula is C18H18N4O. The summed E-state index contributed by atoms with van der Waals surface area (Å²) in [5, 5.41) is 9.05. The lowest BCUT2D eigenvalue weighted by Gasteiger charge is -2.24. The van der Waals surface area contributed by atoms with Gasteiger partial charge in [-0.05, 0) is 42.2 Å². The molecule has 2 N–H and O–H groups in total. The average molecular weight is 306 g/mol. The van der Waals surface area contributed by atoms with Crippen molar-refractivity contribution in [2.75, 3.05) is 12.8 Å². The van der Waals surface area contributed by atoms with Crippen LogP contribution in [0.3, 0.4) is 0 Å². The SMILES string of the molecule is CN(Cc1ccc(N)nc1)C(=O)C1(c2cccc(C#N)c2)CC1. The number of likely N-dealkylation sites (N-methyl/N-ethyl adjacent to an activating group) is 1. The molecule has 0 atom stereocenters. The summed E-state index contributed by atoms with van der Waals surface area (Å²) in [7, 11) is 1.80. The van der Waals surface area contributed by atoms with Crippen LogP contribution in [0.15, 0.2) is 42.6 Å². The maximum atomic E-state index is 12.9. The van der Waals surface area contributed by atoms with Crippen LogP contribution in [0.2, 0.25) is 0 Å².